The smallest absolute Gasteiger partial charge is 0.168 e. The number of Topliss-reactive ketones (excluding diaryl/α,β-unsaturated/α-hetero) is 1. The number of carbonyl (C=O) groups is 1. The molecule has 0 radical (unpaired) electrons. The van der Waals surface area contributed by atoms with E-state index in [0.717, 1.165) is 36.7 Å². The molecule has 1 heterocycles. The Hall–Kier alpha value is -1.62. The van der Waals surface area contributed by atoms with E-state index in [2.05, 4.69) is 40.0 Å². The van der Waals surface area contributed by atoms with E-state index < -0.39 is 0 Å². The zero-order valence-corrected chi connectivity index (χ0v) is 18.9. The Bertz CT molecular complexity index is 862. The highest BCUT2D eigenvalue weighted by Crippen LogP contribution is 2.27. The van der Waals surface area contributed by atoms with Crippen molar-refractivity contribution < 1.29 is 9.53 Å². The van der Waals surface area contributed by atoms with Crippen molar-refractivity contribution in [1.29, 1.82) is 0 Å². The summed E-state index contributed by atoms with van der Waals surface area (Å²) >= 11 is 9.43. The van der Waals surface area contributed by atoms with Crippen LogP contribution in [0, 0.1) is 5.92 Å². The molecule has 5 heteroatoms. The Kier molecular flexibility index (Phi) is 8.34. The fourth-order valence-electron chi connectivity index (χ4n) is 3.72. The lowest BCUT2D eigenvalue weighted by molar-refractivity contribution is 0.0991. The Morgan fingerprint density at radius 1 is 1.31 bits per heavy atom. The van der Waals surface area contributed by atoms with E-state index in [9.17, 15) is 4.79 Å². The quantitative estimate of drug-likeness (QED) is 0.336. The summed E-state index contributed by atoms with van der Waals surface area (Å²) in [5.74, 6) is 1.60. The lowest BCUT2D eigenvalue weighted by Crippen LogP contribution is -2.09. The van der Waals surface area contributed by atoms with Crippen LogP contribution in [0.2, 0.25) is 5.02 Å². The predicted molar refractivity (Wildman–Crippen MR) is 123 cm³/mol. The number of hydrogen-bond acceptors (Lipinski definition) is 3. The van der Waals surface area contributed by atoms with E-state index >= 15 is 0 Å². The summed E-state index contributed by atoms with van der Waals surface area (Å²) in [6, 6.07) is 11.4. The molecule has 1 aliphatic heterocycles. The summed E-state index contributed by atoms with van der Waals surface area (Å²) in [6.07, 6.45) is 6.73. The molecule has 0 spiro atoms. The number of nitrogens with one attached hydrogen (secondary N) is 1. The van der Waals surface area contributed by atoms with E-state index in [1.807, 2.05) is 6.07 Å². The Morgan fingerprint density at radius 2 is 2.17 bits per heavy atom. The van der Waals surface area contributed by atoms with Crippen LogP contribution in [0.25, 0.3) is 0 Å². The lowest BCUT2D eigenvalue weighted by atomic mass is 9.97. The summed E-state index contributed by atoms with van der Waals surface area (Å²) in [5.41, 5.74) is 2.76. The molecule has 0 aliphatic carbocycles. The van der Waals surface area contributed by atoms with E-state index in [1.165, 1.54) is 24.8 Å². The van der Waals surface area contributed by atoms with Gasteiger partial charge in [-0.25, -0.2) is 0 Å². The molecule has 1 aliphatic rings. The maximum absolute atomic E-state index is 12.8. The molecule has 3 nitrogen and oxygen atoms in total. The van der Waals surface area contributed by atoms with Crippen molar-refractivity contribution in [1.82, 2.24) is 5.32 Å². The standard InChI is InChI=1S/C24H27BrClNO2/c1-2-12-29-24-13-17(4-3-5-18-10-11-27-16-18)6-7-19(24)14-23(28)21-9-8-20(26)15-22(21)25/h2,6-9,13,15,18,27H,1,3-5,10-12,14,16H2. The molecular weight excluding hydrogens is 450 g/mol. The van der Waals surface area contributed by atoms with Gasteiger partial charge in [0.2, 0.25) is 0 Å². The highest BCUT2D eigenvalue weighted by Gasteiger charge is 2.16. The van der Waals surface area contributed by atoms with Gasteiger partial charge in [0.25, 0.3) is 0 Å². The third kappa shape index (κ3) is 6.43. The molecule has 154 valence electrons. The minimum atomic E-state index is 0.0264. The topological polar surface area (TPSA) is 38.3 Å². The summed E-state index contributed by atoms with van der Waals surface area (Å²) in [5, 5.41) is 4.03. The number of rotatable bonds is 10. The van der Waals surface area contributed by atoms with Crippen LogP contribution in [0.3, 0.4) is 0 Å². The van der Waals surface area contributed by atoms with E-state index in [1.54, 1.807) is 24.3 Å². The molecule has 1 fully saturated rings. The van der Waals surface area contributed by atoms with Crippen LogP contribution >= 0.6 is 27.5 Å². The summed E-state index contributed by atoms with van der Waals surface area (Å²) in [6.45, 7) is 6.45. The molecule has 1 unspecified atom stereocenters. The van der Waals surface area contributed by atoms with Crippen molar-refractivity contribution in [2.45, 2.75) is 32.1 Å². The molecule has 0 amide bonds. The molecule has 2 aromatic rings. The molecular formula is C24H27BrClNO2. The predicted octanol–water partition coefficient (Wildman–Crippen LogP) is 6.02. The molecule has 29 heavy (non-hydrogen) atoms. The fourth-order valence-corrected chi connectivity index (χ4v) is 4.63. The zero-order valence-electron chi connectivity index (χ0n) is 16.6. The second kappa shape index (κ2) is 11.0. The molecule has 0 bridgehead atoms. The minimum absolute atomic E-state index is 0.0264. The normalized spacial score (nSPS) is 16.0. The molecule has 0 aromatic heterocycles. The van der Waals surface area contributed by atoms with Crippen molar-refractivity contribution in [3.8, 4) is 5.75 Å². The third-order valence-electron chi connectivity index (χ3n) is 5.31. The highest BCUT2D eigenvalue weighted by molar-refractivity contribution is 9.10. The maximum Gasteiger partial charge on any atom is 0.168 e. The summed E-state index contributed by atoms with van der Waals surface area (Å²) < 4.78 is 6.59. The van der Waals surface area contributed by atoms with Crippen molar-refractivity contribution >= 4 is 33.3 Å². The fraction of sp³-hybridized carbons (Fsp3) is 0.375. The number of ether oxygens (including phenoxy) is 1. The van der Waals surface area contributed by atoms with Crippen LogP contribution in [-0.4, -0.2) is 25.5 Å². The zero-order chi connectivity index (χ0) is 20.6. The van der Waals surface area contributed by atoms with Crippen molar-refractivity contribution in [3.05, 3.63) is 75.2 Å². The van der Waals surface area contributed by atoms with Gasteiger partial charge in [0, 0.05) is 27.0 Å². The first-order valence-electron chi connectivity index (χ1n) is 10.1. The molecule has 2 aromatic carbocycles. The van der Waals surface area contributed by atoms with Gasteiger partial charge in [-0.3, -0.25) is 4.79 Å². The number of hydrogen-bond donors (Lipinski definition) is 1. The van der Waals surface area contributed by atoms with Crippen molar-refractivity contribution in [2.75, 3.05) is 19.7 Å². The van der Waals surface area contributed by atoms with Gasteiger partial charge >= 0.3 is 0 Å². The van der Waals surface area contributed by atoms with Gasteiger partial charge in [0.15, 0.2) is 5.78 Å². The average Bonchev–Trinajstić information content (AvgIpc) is 3.21. The minimum Gasteiger partial charge on any atom is -0.489 e. The van der Waals surface area contributed by atoms with E-state index in [4.69, 9.17) is 16.3 Å². The molecule has 1 atom stereocenters. The molecule has 3 rings (SSSR count). The van der Waals surface area contributed by atoms with Gasteiger partial charge in [-0.05, 0) is 90.4 Å². The Balaban J connectivity index is 1.69. The Morgan fingerprint density at radius 3 is 2.90 bits per heavy atom. The van der Waals surface area contributed by atoms with Crippen LogP contribution in [0.1, 0.15) is 40.7 Å². The van der Waals surface area contributed by atoms with Gasteiger partial charge < -0.3 is 10.1 Å². The van der Waals surface area contributed by atoms with Crippen LogP contribution in [0.5, 0.6) is 5.75 Å². The molecule has 1 saturated heterocycles. The first kappa shape index (κ1) is 22.1. The summed E-state index contributed by atoms with van der Waals surface area (Å²) in [7, 11) is 0. The SMILES string of the molecule is C=CCOc1cc(CCCC2CCNC2)ccc1CC(=O)c1ccc(Cl)cc1Br. The molecule has 0 saturated carbocycles. The van der Waals surface area contributed by atoms with Crippen LogP contribution in [0.4, 0.5) is 0 Å². The third-order valence-corrected chi connectivity index (χ3v) is 6.20. The number of halogens is 2. The highest BCUT2D eigenvalue weighted by atomic mass is 79.9. The van der Waals surface area contributed by atoms with E-state index in [-0.39, 0.29) is 12.2 Å². The molecule has 1 N–H and O–H groups in total. The van der Waals surface area contributed by atoms with Crippen molar-refractivity contribution in [3.63, 3.8) is 0 Å². The van der Waals surface area contributed by atoms with Gasteiger partial charge in [-0.2, -0.15) is 0 Å². The number of ketones is 1. The number of aryl methyl sites for hydroxylation is 1. The number of carbonyl (C=O) groups excluding carboxylic acids is 1. The van der Waals surface area contributed by atoms with Crippen LogP contribution < -0.4 is 10.1 Å². The first-order valence-corrected chi connectivity index (χ1v) is 11.3. The average molecular weight is 477 g/mol. The Labute approximate surface area is 186 Å². The van der Waals surface area contributed by atoms with Gasteiger partial charge in [-0.1, -0.05) is 36.4 Å². The summed E-state index contributed by atoms with van der Waals surface area (Å²) in [4.78, 5) is 12.8. The van der Waals surface area contributed by atoms with Crippen molar-refractivity contribution in [2.24, 2.45) is 5.92 Å². The lowest BCUT2D eigenvalue weighted by Gasteiger charge is -2.13. The van der Waals surface area contributed by atoms with Crippen LogP contribution in [0.15, 0.2) is 53.5 Å². The monoisotopic (exact) mass is 475 g/mol. The number of benzene rings is 2. The van der Waals surface area contributed by atoms with E-state index in [0.29, 0.717) is 21.7 Å². The first-order chi connectivity index (χ1) is 14.1. The van der Waals surface area contributed by atoms with Gasteiger partial charge in [-0.15, -0.1) is 0 Å². The van der Waals surface area contributed by atoms with Gasteiger partial charge in [0.1, 0.15) is 12.4 Å². The van der Waals surface area contributed by atoms with Gasteiger partial charge in [0.05, 0.1) is 0 Å². The maximum atomic E-state index is 12.8. The largest absolute Gasteiger partial charge is 0.489 e. The second-order valence-electron chi connectivity index (χ2n) is 7.52. The van der Waals surface area contributed by atoms with Crippen LogP contribution in [-0.2, 0) is 12.8 Å². The second-order valence-corrected chi connectivity index (χ2v) is 8.81.